The van der Waals surface area contributed by atoms with E-state index in [4.69, 9.17) is 21.5 Å². The summed E-state index contributed by atoms with van der Waals surface area (Å²) in [6.45, 7) is 2.01. The minimum absolute atomic E-state index is 0.127. The first-order valence-corrected chi connectivity index (χ1v) is 8.95. The van der Waals surface area contributed by atoms with Crippen molar-refractivity contribution in [2.75, 3.05) is 11.4 Å². The van der Waals surface area contributed by atoms with E-state index < -0.39 is 11.7 Å². The molecule has 1 fully saturated rings. The molecule has 0 aliphatic carbocycles. The summed E-state index contributed by atoms with van der Waals surface area (Å²) in [7, 11) is 0. The Bertz CT molecular complexity index is 848. The number of aromatic nitrogens is 2. The lowest BCUT2D eigenvalue weighted by molar-refractivity contribution is -0.126. The van der Waals surface area contributed by atoms with E-state index in [1.807, 2.05) is 0 Å². The van der Waals surface area contributed by atoms with Crippen LogP contribution in [0, 0.1) is 18.7 Å². The van der Waals surface area contributed by atoms with Gasteiger partial charge in [-0.05, 0) is 24.6 Å². The molecule has 1 aromatic heterocycles. The summed E-state index contributed by atoms with van der Waals surface area (Å²) in [5.41, 5.74) is 0.618. The molecule has 27 heavy (non-hydrogen) atoms. The third kappa shape index (κ3) is 5.44. The molecule has 1 saturated heterocycles. The second-order valence-corrected chi connectivity index (χ2v) is 7.14. The number of nitrogens with zero attached hydrogens (tertiary/aromatic N) is 3. The summed E-state index contributed by atoms with van der Waals surface area (Å²) in [6.07, 6.45) is 0.127. The van der Waals surface area contributed by atoms with Crippen LogP contribution in [0.25, 0.3) is 0 Å². The summed E-state index contributed by atoms with van der Waals surface area (Å²) >= 11 is 7.25. The Morgan fingerprint density at radius 1 is 1.52 bits per heavy atom. The van der Waals surface area contributed by atoms with Crippen LogP contribution in [0.2, 0.25) is 5.02 Å². The number of anilines is 1. The monoisotopic (exact) mass is 414 g/mol. The van der Waals surface area contributed by atoms with Crippen LogP contribution in [0.15, 0.2) is 18.2 Å². The van der Waals surface area contributed by atoms with E-state index in [9.17, 15) is 14.0 Å². The van der Waals surface area contributed by atoms with Gasteiger partial charge in [0.2, 0.25) is 16.9 Å². The van der Waals surface area contributed by atoms with Crippen LogP contribution < -0.4 is 10.2 Å². The molecule has 2 heterocycles. The van der Waals surface area contributed by atoms with E-state index in [2.05, 4.69) is 15.5 Å². The second-order valence-electron chi connectivity index (χ2n) is 5.57. The molecule has 1 aliphatic heterocycles. The topological polar surface area (TPSA) is 112 Å². The number of halogens is 2. The van der Waals surface area contributed by atoms with Gasteiger partial charge in [0.15, 0.2) is 0 Å². The Kier molecular flexibility index (Phi) is 7.19. The van der Waals surface area contributed by atoms with Gasteiger partial charge in [0.05, 0.1) is 5.92 Å². The Morgan fingerprint density at radius 2 is 2.22 bits per heavy atom. The number of aryl methyl sites for hydroxylation is 1. The van der Waals surface area contributed by atoms with E-state index in [-0.39, 0.29) is 42.8 Å². The number of carbonyl (C=O) groups excluding carboxylic acids is 2. The molecule has 2 N–H and O–H groups in total. The van der Waals surface area contributed by atoms with E-state index >= 15 is 0 Å². The lowest BCUT2D eigenvalue weighted by atomic mass is 10.1. The Balaban J connectivity index is 0.000000817. The fourth-order valence-electron chi connectivity index (χ4n) is 2.46. The molecule has 1 unspecified atom stereocenters. The number of amides is 2. The molecule has 0 saturated carbocycles. The van der Waals surface area contributed by atoms with Crippen LogP contribution in [-0.4, -0.2) is 40.1 Å². The molecule has 3 rings (SSSR count). The van der Waals surface area contributed by atoms with Crippen molar-refractivity contribution in [2.45, 2.75) is 19.9 Å². The molecule has 2 aromatic rings. The molecule has 11 heteroatoms. The first-order valence-electron chi connectivity index (χ1n) is 7.75. The third-order valence-corrected chi connectivity index (χ3v) is 4.92. The minimum Gasteiger partial charge on any atom is -0.483 e. The van der Waals surface area contributed by atoms with Gasteiger partial charge in [-0.15, -0.1) is 10.2 Å². The second kappa shape index (κ2) is 9.38. The number of hydrogen-bond donors (Lipinski definition) is 2. The predicted molar refractivity (Wildman–Crippen MR) is 97.1 cm³/mol. The number of carbonyl (C=O) groups is 3. The Hall–Kier alpha value is -2.59. The van der Waals surface area contributed by atoms with Crippen LogP contribution in [0.5, 0.6) is 0 Å². The lowest BCUT2D eigenvalue weighted by Gasteiger charge is -2.13. The molecule has 8 nitrogen and oxygen atoms in total. The first-order chi connectivity index (χ1) is 12.8. The van der Waals surface area contributed by atoms with Gasteiger partial charge in [0.1, 0.15) is 10.8 Å². The van der Waals surface area contributed by atoms with Crippen molar-refractivity contribution in [2.24, 2.45) is 5.92 Å². The standard InChI is InChI=1S/C15H14ClFN4O2S.CH2O2/c1-8-19-20-15(24-8)21-7-10(4-13(21)22)14(23)18-6-9-2-3-11(17)5-12(9)16;2-1-3/h2-3,5,10H,4,6-7H2,1H3,(H,18,23);1H,(H,2,3). The Labute approximate surface area is 163 Å². The number of benzene rings is 1. The average Bonchev–Trinajstić information content (AvgIpc) is 3.20. The van der Waals surface area contributed by atoms with Gasteiger partial charge >= 0.3 is 0 Å². The highest BCUT2D eigenvalue weighted by molar-refractivity contribution is 7.15. The maximum absolute atomic E-state index is 13.0. The number of rotatable bonds is 4. The largest absolute Gasteiger partial charge is 0.483 e. The van der Waals surface area contributed by atoms with Crippen molar-refractivity contribution >= 4 is 46.4 Å². The van der Waals surface area contributed by atoms with Crippen molar-refractivity contribution < 1.29 is 23.9 Å². The number of nitrogens with one attached hydrogen (secondary N) is 1. The molecule has 0 spiro atoms. The van der Waals surface area contributed by atoms with E-state index in [1.54, 1.807) is 6.92 Å². The summed E-state index contributed by atoms with van der Waals surface area (Å²) in [5.74, 6) is -1.28. The number of hydrogen-bond acceptors (Lipinski definition) is 6. The van der Waals surface area contributed by atoms with Crippen LogP contribution >= 0.6 is 22.9 Å². The van der Waals surface area contributed by atoms with Crippen molar-refractivity contribution in [1.82, 2.24) is 15.5 Å². The van der Waals surface area contributed by atoms with Crippen LogP contribution in [-0.2, 0) is 20.9 Å². The summed E-state index contributed by atoms with van der Waals surface area (Å²) in [4.78, 5) is 34.2. The molecule has 1 atom stereocenters. The normalized spacial score (nSPS) is 15.9. The summed E-state index contributed by atoms with van der Waals surface area (Å²) in [5, 5.41) is 19.0. The molecule has 0 radical (unpaired) electrons. The van der Waals surface area contributed by atoms with Crippen LogP contribution in [0.4, 0.5) is 9.52 Å². The highest BCUT2D eigenvalue weighted by Gasteiger charge is 2.36. The molecule has 1 aliphatic rings. The van der Waals surface area contributed by atoms with Gasteiger partial charge in [-0.2, -0.15) is 0 Å². The van der Waals surface area contributed by atoms with Gasteiger partial charge in [-0.1, -0.05) is 29.0 Å². The zero-order valence-corrected chi connectivity index (χ0v) is 15.8. The maximum Gasteiger partial charge on any atom is 0.290 e. The molecular formula is C16H16ClFN4O4S. The molecule has 2 amide bonds. The zero-order chi connectivity index (χ0) is 20.0. The van der Waals surface area contributed by atoms with Crippen LogP contribution in [0.1, 0.15) is 17.0 Å². The van der Waals surface area contributed by atoms with Gasteiger partial charge < -0.3 is 10.4 Å². The Morgan fingerprint density at radius 3 is 2.81 bits per heavy atom. The fraction of sp³-hybridized carbons (Fsp3) is 0.312. The lowest BCUT2D eigenvalue weighted by Crippen LogP contribution is -2.32. The van der Waals surface area contributed by atoms with Crippen LogP contribution in [0.3, 0.4) is 0 Å². The minimum atomic E-state index is -0.457. The highest BCUT2D eigenvalue weighted by Crippen LogP contribution is 2.27. The molecule has 1 aromatic carbocycles. The van der Waals surface area contributed by atoms with E-state index in [0.29, 0.717) is 10.7 Å². The smallest absolute Gasteiger partial charge is 0.290 e. The fourth-order valence-corrected chi connectivity index (χ4v) is 3.40. The first kappa shape index (κ1) is 20.7. The quantitative estimate of drug-likeness (QED) is 0.740. The van der Waals surface area contributed by atoms with Crippen molar-refractivity contribution in [1.29, 1.82) is 0 Å². The molecular weight excluding hydrogens is 399 g/mol. The van der Waals surface area contributed by atoms with Gasteiger partial charge in [-0.3, -0.25) is 19.3 Å². The van der Waals surface area contributed by atoms with Gasteiger partial charge in [0, 0.05) is 24.5 Å². The highest BCUT2D eigenvalue weighted by atomic mass is 35.5. The number of carboxylic acid groups (broad SMARTS) is 1. The van der Waals surface area contributed by atoms with Crippen molar-refractivity contribution in [3.05, 3.63) is 39.6 Å². The SMILES string of the molecule is Cc1nnc(N2CC(C(=O)NCc3ccc(F)cc3Cl)CC2=O)s1.O=CO. The predicted octanol–water partition coefficient (Wildman–Crippen LogP) is 2.01. The third-order valence-electron chi connectivity index (χ3n) is 3.71. The van der Waals surface area contributed by atoms with Crippen molar-refractivity contribution in [3.63, 3.8) is 0 Å². The van der Waals surface area contributed by atoms with E-state index in [0.717, 1.165) is 5.01 Å². The maximum atomic E-state index is 13.0. The van der Waals surface area contributed by atoms with Crippen molar-refractivity contribution in [3.8, 4) is 0 Å². The molecule has 0 bridgehead atoms. The summed E-state index contributed by atoms with van der Waals surface area (Å²) in [6, 6.07) is 4.00. The van der Waals surface area contributed by atoms with Gasteiger partial charge in [-0.25, -0.2) is 4.39 Å². The average molecular weight is 415 g/mol. The van der Waals surface area contributed by atoms with E-state index in [1.165, 1.54) is 34.4 Å². The van der Waals surface area contributed by atoms with Gasteiger partial charge in [0.25, 0.3) is 6.47 Å². The zero-order valence-electron chi connectivity index (χ0n) is 14.2. The summed E-state index contributed by atoms with van der Waals surface area (Å²) < 4.78 is 13.0. The molecule has 144 valence electrons.